The fraction of sp³-hybridized carbons (Fsp3) is 0.830. The van der Waals surface area contributed by atoms with Crippen LogP contribution in [-0.4, -0.2) is 71.5 Å². The van der Waals surface area contributed by atoms with Crippen LogP contribution in [0.25, 0.3) is 0 Å². The van der Waals surface area contributed by atoms with E-state index >= 15 is 0 Å². The van der Waals surface area contributed by atoms with Gasteiger partial charge in [0.1, 0.15) is 5.78 Å². The molecule has 0 saturated carbocycles. The van der Waals surface area contributed by atoms with E-state index in [4.69, 9.17) is 11.5 Å². The van der Waals surface area contributed by atoms with Gasteiger partial charge in [-0.05, 0) is 43.9 Å². The molecule has 13 nitrogen and oxygen atoms in total. The Hall–Kier alpha value is -3.64. The maximum Gasteiger partial charge on any atom is 0.224 e. The summed E-state index contributed by atoms with van der Waals surface area (Å²) < 4.78 is 0. The lowest BCUT2D eigenvalue weighted by Crippen LogP contribution is -2.51. The third kappa shape index (κ3) is 25.2. The van der Waals surface area contributed by atoms with Gasteiger partial charge in [0.25, 0.3) is 0 Å². The number of guanidine groups is 1. The van der Waals surface area contributed by atoms with Crippen LogP contribution in [-0.2, 0) is 33.6 Å². The summed E-state index contributed by atoms with van der Waals surface area (Å²) in [5, 5.41) is 8.55. The van der Waals surface area contributed by atoms with Gasteiger partial charge in [-0.2, -0.15) is 0 Å². The quantitative estimate of drug-likeness (QED) is 0.0238. The highest BCUT2D eigenvalue weighted by Gasteiger charge is 2.36. The van der Waals surface area contributed by atoms with Crippen molar-refractivity contribution in [1.82, 2.24) is 16.0 Å². The number of aliphatic imine (C=N–C) groups is 1. The van der Waals surface area contributed by atoms with Crippen LogP contribution in [0.1, 0.15) is 197 Å². The van der Waals surface area contributed by atoms with E-state index in [1.54, 1.807) is 20.8 Å². The van der Waals surface area contributed by atoms with Crippen molar-refractivity contribution >= 4 is 46.8 Å². The summed E-state index contributed by atoms with van der Waals surface area (Å²) in [6, 6.07) is -2.72. The number of nitrogens with zero attached hydrogens (tertiary/aromatic N) is 1. The topological polar surface area (TPSA) is 220 Å². The largest absolute Gasteiger partial charge is 0.370 e. The van der Waals surface area contributed by atoms with Gasteiger partial charge in [0, 0.05) is 50.5 Å². The molecule has 0 aliphatic heterocycles. The Morgan fingerprint density at radius 3 is 1.53 bits per heavy atom. The van der Waals surface area contributed by atoms with Crippen LogP contribution < -0.4 is 27.4 Å². The van der Waals surface area contributed by atoms with Gasteiger partial charge in [0.15, 0.2) is 23.3 Å². The molecule has 0 aromatic heterocycles. The lowest BCUT2D eigenvalue weighted by molar-refractivity contribution is -0.137. The van der Waals surface area contributed by atoms with Gasteiger partial charge in [-0.15, -0.1) is 0 Å². The molecule has 0 aromatic carbocycles. The Morgan fingerprint density at radius 1 is 0.567 bits per heavy atom. The second-order valence-corrected chi connectivity index (χ2v) is 17.8. The maximum atomic E-state index is 14.0. The molecule has 3 amide bonds. The van der Waals surface area contributed by atoms with E-state index in [1.165, 1.54) is 64.7 Å². The lowest BCUT2D eigenvalue weighted by atomic mass is 9.83. The van der Waals surface area contributed by atoms with Crippen molar-refractivity contribution in [2.45, 2.75) is 215 Å². The van der Waals surface area contributed by atoms with E-state index in [1.807, 2.05) is 27.7 Å². The minimum atomic E-state index is -1.05. The van der Waals surface area contributed by atoms with Crippen molar-refractivity contribution in [1.29, 1.82) is 0 Å². The molecule has 13 heteroatoms. The van der Waals surface area contributed by atoms with Crippen molar-refractivity contribution in [3.63, 3.8) is 0 Å². The number of Topliss-reactive ketones (excluding diaryl/α,β-unsaturated/α-hetero) is 4. The third-order valence-electron chi connectivity index (χ3n) is 11.6. The number of hydrogen-bond acceptors (Lipinski definition) is 8. The first kappa shape index (κ1) is 56.4. The molecular formula is C47H86N6O7. The molecule has 7 N–H and O–H groups in total. The van der Waals surface area contributed by atoms with Crippen molar-refractivity contribution in [3.05, 3.63) is 0 Å². The van der Waals surface area contributed by atoms with Crippen molar-refractivity contribution in [2.24, 2.45) is 46.0 Å². The number of hydrogen-bond donors (Lipinski definition) is 5. The summed E-state index contributed by atoms with van der Waals surface area (Å²) in [6.07, 6.45) is 16.6. The molecule has 0 bridgehead atoms. The molecule has 0 heterocycles. The molecular weight excluding hydrogens is 761 g/mol. The molecule has 0 unspecified atom stereocenters. The van der Waals surface area contributed by atoms with E-state index in [0.29, 0.717) is 19.3 Å². The fourth-order valence-corrected chi connectivity index (χ4v) is 7.53. The molecule has 346 valence electrons. The average Bonchev–Trinajstić information content (AvgIpc) is 3.19. The third-order valence-corrected chi connectivity index (χ3v) is 11.6. The molecule has 0 spiro atoms. The molecule has 0 aromatic rings. The monoisotopic (exact) mass is 847 g/mol. The van der Waals surface area contributed by atoms with Crippen LogP contribution >= 0.6 is 0 Å². The summed E-state index contributed by atoms with van der Waals surface area (Å²) in [6.45, 7) is 16.6. The molecule has 0 aliphatic rings. The number of carbonyl (C=O) groups excluding carboxylic acids is 7. The zero-order chi connectivity index (χ0) is 45.6. The van der Waals surface area contributed by atoms with Gasteiger partial charge in [-0.1, -0.05) is 139 Å². The zero-order valence-electron chi connectivity index (χ0n) is 39.1. The summed E-state index contributed by atoms with van der Waals surface area (Å²) >= 11 is 0. The van der Waals surface area contributed by atoms with E-state index in [0.717, 1.165) is 19.3 Å². The SMILES string of the molecule is CCCCCCCCCCCCCCCC(=O)N[C@@H](CC(C)=O)C(=O)C[C@H](C(=O)N[C@H](C(=O)C[C@@H](CCCN=C(N)N)C(=O)N[C@H](C(=O)CC)C(C)C)C(C)C)[C@@H](C)CC. The highest BCUT2D eigenvalue weighted by Crippen LogP contribution is 2.24. The number of unbranched alkanes of at least 4 members (excludes halogenated alkanes) is 12. The predicted molar refractivity (Wildman–Crippen MR) is 242 cm³/mol. The minimum Gasteiger partial charge on any atom is -0.370 e. The van der Waals surface area contributed by atoms with Crippen LogP contribution in [0.4, 0.5) is 0 Å². The van der Waals surface area contributed by atoms with E-state index in [-0.39, 0.29) is 92.0 Å². The number of nitrogens with one attached hydrogen (secondary N) is 3. The first-order chi connectivity index (χ1) is 28.4. The minimum absolute atomic E-state index is 0.0857. The smallest absolute Gasteiger partial charge is 0.224 e. The highest BCUT2D eigenvalue weighted by atomic mass is 16.2. The van der Waals surface area contributed by atoms with Gasteiger partial charge in [-0.3, -0.25) is 38.6 Å². The Morgan fingerprint density at radius 2 is 1.07 bits per heavy atom. The summed E-state index contributed by atoms with van der Waals surface area (Å²) in [5.74, 6) is -4.80. The number of amides is 3. The first-order valence-electron chi connectivity index (χ1n) is 23.4. The molecule has 0 rings (SSSR count). The Kier molecular flexibility index (Phi) is 31.0. The molecule has 0 saturated heterocycles. The van der Waals surface area contributed by atoms with Crippen LogP contribution in [0.5, 0.6) is 0 Å². The Labute approximate surface area is 363 Å². The second-order valence-electron chi connectivity index (χ2n) is 17.8. The summed E-state index contributed by atoms with van der Waals surface area (Å²) in [5.41, 5.74) is 11.0. The number of carbonyl (C=O) groups is 7. The van der Waals surface area contributed by atoms with Crippen molar-refractivity contribution in [3.8, 4) is 0 Å². The lowest BCUT2D eigenvalue weighted by Gasteiger charge is -2.29. The molecule has 0 radical (unpaired) electrons. The molecule has 6 atom stereocenters. The highest BCUT2D eigenvalue weighted by molar-refractivity contribution is 5.97. The second kappa shape index (κ2) is 33.0. The maximum absolute atomic E-state index is 14.0. The first-order valence-corrected chi connectivity index (χ1v) is 23.4. The van der Waals surface area contributed by atoms with Crippen LogP contribution in [0, 0.1) is 29.6 Å². The zero-order valence-corrected chi connectivity index (χ0v) is 39.1. The fourth-order valence-electron chi connectivity index (χ4n) is 7.53. The van der Waals surface area contributed by atoms with Gasteiger partial charge in [0.05, 0.1) is 18.1 Å². The Balaban J connectivity index is 5.65. The van der Waals surface area contributed by atoms with Crippen molar-refractivity contribution in [2.75, 3.05) is 6.54 Å². The van der Waals surface area contributed by atoms with Crippen LogP contribution in [0.15, 0.2) is 4.99 Å². The van der Waals surface area contributed by atoms with Crippen molar-refractivity contribution < 1.29 is 33.6 Å². The van der Waals surface area contributed by atoms with Crippen LogP contribution in [0.3, 0.4) is 0 Å². The average molecular weight is 847 g/mol. The normalized spacial score (nSPS) is 14.4. The predicted octanol–water partition coefficient (Wildman–Crippen LogP) is 7.44. The van der Waals surface area contributed by atoms with Gasteiger partial charge < -0.3 is 27.4 Å². The van der Waals surface area contributed by atoms with E-state index in [9.17, 15) is 33.6 Å². The number of nitrogens with two attached hydrogens (primary N) is 2. The van der Waals surface area contributed by atoms with Gasteiger partial charge >= 0.3 is 0 Å². The van der Waals surface area contributed by atoms with Gasteiger partial charge in [-0.25, -0.2) is 0 Å². The summed E-state index contributed by atoms with van der Waals surface area (Å²) in [4.78, 5) is 97.2. The number of rotatable bonds is 37. The number of ketones is 4. The Bertz CT molecular complexity index is 1330. The standard InChI is InChI=1S/C47H86N6O7/c1-10-13-14-15-16-17-18-19-20-21-22-23-24-27-42(58)51-38(29-35(9)54)40(56)31-37(34(8)11-2)46(60)53-44(33(6)7)41(57)30-36(26-25-28-50-47(48)49)45(59)52-43(32(4)5)39(55)12-3/h32-34,36-38,43-44H,10-31H2,1-9H3,(H,51,58)(H,52,59)(H,53,60)(H4,48,49,50)/t34-,36+,37-,38-,43-,44-/m0/s1. The van der Waals surface area contributed by atoms with Crippen LogP contribution in [0.2, 0.25) is 0 Å². The molecule has 0 aliphatic carbocycles. The molecule has 60 heavy (non-hydrogen) atoms. The van der Waals surface area contributed by atoms with E-state index in [2.05, 4.69) is 27.9 Å². The van der Waals surface area contributed by atoms with E-state index < -0.39 is 47.6 Å². The molecule has 0 fully saturated rings. The summed E-state index contributed by atoms with van der Waals surface area (Å²) in [7, 11) is 0. The van der Waals surface area contributed by atoms with Gasteiger partial charge in [0.2, 0.25) is 17.7 Å².